The number of para-hydroxylation sites is 11. The molecule has 0 fully saturated rings. The summed E-state index contributed by atoms with van der Waals surface area (Å²) in [5.41, 5.74) is 19.6. The van der Waals surface area contributed by atoms with Crippen LogP contribution in [0.15, 0.2) is 436 Å². The lowest BCUT2D eigenvalue weighted by Crippen LogP contribution is -2.19. The van der Waals surface area contributed by atoms with Gasteiger partial charge in [-0.1, -0.05) is 206 Å². The van der Waals surface area contributed by atoms with Gasteiger partial charge in [0.2, 0.25) is 0 Å². The van der Waals surface area contributed by atoms with Crippen LogP contribution in [0.1, 0.15) is 43.0 Å². The van der Waals surface area contributed by atoms with Crippen LogP contribution in [0.2, 0.25) is 0 Å². The van der Waals surface area contributed by atoms with Crippen LogP contribution in [0.4, 0.5) is 0 Å². The van der Waals surface area contributed by atoms with Crippen molar-refractivity contribution in [2.24, 2.45) is 0 Å². The zero-order valence-corrected chi connectivity index (χ0v) is 77.5. The van der Waals surface area contributed by atoms with Gasteiger partial charge in [-0.15, -0.1) is 0 Å². The van der Waals surface area contributed by atoms with Crippen LogP contribution in [-0.2, 0) is 0 Å². The number of nitrogens with zero attached hydrogens (tertiary/aromatic N) is 6. The number of aryl methyl sites for hydroxylation is 2. The summed E-state index contributed by atoms with van der Waals surface area (Å²) >= 11 is 0. The van der Waals surface area contributed by atoms with E-state index < -0.39 is 0 Å². The first-order valence-electron chi connectivity index (χ1n) is 47.9. The van der Waals surface area contributed by atoms with Gasteiger partial charge in [0, 0.05) is 126 Å². The van der Waals surface area contributed by atoms with Crippen LogP contribution in [0.25, 0.3) is 241 Å². The van der Waals surface area contributed by atoms with E-state index in [1.807, 2.05) is 351 Å². The molecule has 0 radical (unpaired) electrons. The minimum atomic E-state index is -0.264. The van der Waals surface area contributed by atoms with E-state index in [0.717, 1.165) is 72.4 Å². The predicted molar refractivity (Wildman–Crippen MR) is 588 cm³/mol. The van der Waals surface area contributed by atoms with Crippen molar-refractivity contribution in [1.82, 2.24) is 26.7 Å². The zero-order valence-electron chi connectivity index (χ0n) is 77.5. The summed E-state index contributed by atoms with van der Waals surface area (Å²) in [6, 6.07) is 120. The number of aromatic nitrogens is 6. The van der Waals surface area contributed by atoms with Gasteiger partial charge in [0.05, 0.1) is 115 Å². The van der Waals surface area contributed by atoms with Crippen molar-refractivity contribution >= 4 is 208 Å². The Morgan fingerprint density at radius 1 is 0.158 bits per heavy atom. The molecular weight excluding hydrogens is 1810 g/mol. The second kappa shape index (κ2) is 31.3. The molecular formula is C128H70N6O12. The van der Waals surface area contributed by atoms with E-state index in [9.17, 15) is 57.5 Å². The van der Waals surface area contributed by atoms with E-state index in [1.165, 1.54) is 0 Å². The normalized spacial score (nSPS) is 12.3. The van der Waals surface area contributed by atoms with Crippen LogP contribution >= 0.6 is 0 Å². The Balaban J connectivity index is 0.0000000955. The Morgan fingerprint density at radius 3 is 0.952 bits per heavy atom. The molecule has 19 aromatic carbocycles. The van der Waals surface area contributed by atoms with Crippen molar-refractivity contribution in [2.75, 3.05) is 0 Å². The van der Waals surface area contributed by atoms with Gasteiger partial charge >= 0.3 is 0 Å². The number of carbonyl (C=O) groups excluding carboxylic acids is 2. The van der Waals surface area contributed by atoms with E-state index in [1.54, 1.807) is 72.8 Å². The smallest absolute Gasteiger partial charge is 0.198 e. The summed E-state index contributed by atoms with van der Waals surface area (Å²) in [6.07, 6.45) is 0. The Labute approximate surface area is 821 Å². The summed E-state index contributed by atoms with van der Waals surface area (Å²) in [5.74, 6) is -0.184. The third kappa shape index (κ3) is 11.5. The molecule has 2 aliphatic rings. The summed E-state index contributed by atoms with van der Waals surface area (Å²) < 4.78 is 12.0. The fraction of sp³-hybridized carbons (Fsp3) is 0.0156. The largest absolute Gasteiger partial charge is 0.309 e. The molecule has 18 nitrogen and oxygen atoms in total. The minimum Gasteiger partial charge on any atom is -0.309 e. The maximum atomic E-state index is 15.0. The summed E-state index contributed by atoms with van der Waals surface area (Å²) in [5, 5.41) is 9.38. The van der Waals surface area contributed by atoms with Crippen LogP contribution in [0.3, 0.4) is 0 Å². The van der Waals surface area contributed by atoms with E-state index in [2.05, 4.69) is 4.57 Å². The second-order valence-electron chi connectivity index (χ2n) is 37.6. The molecule has 0 N–H and O–H groups in total. The standard InChI is InChI=1S/C41H26N2O3.C33H18N2O3.2C27H13NO3/c1-23-11-10-12-24(2)35(23)25-21-29-38-30(22-25)41(46)37-34(43(38)32-18-9-6-15-27(32)39(29)44)20-19-33-36(37)40(45)28-16-7-8-17-31(28)42(33)26-13-4-3-5-14-26;36-31-20-12-4-8-16-25(20)35-26-17-9-6-14-22(26)33(38)29-28-27(18-23(31)30(29)35)34(19-10-2-1-3-11-19)24-15-7-5-13-21(24)32(28)37;29-25-15-8-2-1-7-14(15)22-18(25)13-19-24-23(22)27(31)17-10-4-6-12-21(17)28(24)20-11-5-3-9-16(20)26(19)30;29-25-15-7-2-1-6-14(15)22-17(25)12-13-20-24(22)28-21-11-4-3-8-16(21)26(30)18-9-5-10-19(23(18)28)27(20)31/h3-22H,1-2H3;1-18H;2*1-13H. The Morgan fingerprint density at radius 2 is 0.459 bits per heavy atom. The molecule has 146 heavy (non-hydrogen) atoms. The predicted octanol–water partition coefficient (Wildman–Crippen LogP) is 23.8. The molecule has 18 heteroatoms. The molecule has 10 heterocycles. The quantitative estimate of drug-likeness (QED) is 0.119. The topological polar surface area (TPSA) is 232 Å². The Kier molecular flexibility index (Phi) is 18.0. The molecule has 29 aromatic rings. The average Bonchev–Trinajstić information content (AvgIpc) is 0.879. The second-order valence-corrected chi connectivity index (χ2v) is 37.6. The minimum absolute atomic E-state index is 0.0405. The van der Waals surface area contributed by atoms with Gasteiger partial charge in [0.15, 0.2) is 65.9 Å². The number of benzene rings is 19. The van der Waals surface area contributed by atoms with Crippen molar-refractivity contribution < 1.29 is 9.59 Å². The number of hydrogen-bond acceptors (Lipinski definition) is 12. The molecule has 0 bridgehead atoms. The Bertz CT molecular complexity index is 11700. The molecule has 2 aliphatic carbocycles. The van der Waals surface area contributed by atoms with Crippen molar-refractivity contribution in [2.45, 2.75) is 13.8 Å². The molecule has 0 amide bonds. The van der Waals surface area contributed by atoms with Crippen LogP contribution in [0, 0.1) is 13.8 Å². The van der Waals surface area contributed by atoms with Crippen molar-refractivity contribution in [3.8, 4) is 44.8 Å². The first kappa shape index (κ1) is 84.1. The maximum Gasteiger partial charge on any atom is 0.198 e. The first-order valence-corrected chi connectivity index (χ1v) is 47.9. The van der Waals surface area contributed by atoms with Crippen LogP contribution in [0.5, 0.6) is 0 Å². The number of carbonyl (C=O) groups is 2. The SMILES string of the molecule is Cc1cccc(C)c1-c1cc2c(=O)c3ccccc3n3c4ccc5c(c(=O)c6ccccc6n5-c5ccccc5)c4c(=O)c(c1)c23.O=C1c2ccccc2-c2c1cc1c(=O)c3ccccc3n3c4ccccc4c(=O)c2c13.O=C1c2ccccc2-c2c1ccc1c(=O)c3cccc4c(=O)c5ccccc5n(c21)c43.O=c1c2ccccc2n2c3ccccc3c(=O)c3c4c(=O)c5ccccc5n(-c5ccccc5)c4cc1c32. The number of pyridine rings is 10. The summed E-state index contributed by atoms with van der Waals surface area (Å²) in [6.45, 7) is 4.08. The van der Waals surface area contributed by atoms with E-state index in [0.29, 0.717) is 196 Å². The molecule has 0 unspecified atom stereocenters. The first-order chi connectivity index (χ1) is 71.4. The van der Waals surface area contributed by atoms with Gasteiger partial charge in [-0.3, -0.25) is 57.5 Å². The average molecular weight is 1880 g/mol. The van der Waals surface area contributed by atoms with Gasteiger partial charge in [-0.05, 0) is 229 Å². The summed E-state index contributed by atoms with van der Waals surface area (Å²) in [4.78, 5) is 166. The van der Waals surface area contributed by atoms with Gasteiger partial charge < -0.3 is 26.7 Å². The van der Waals surface area contributed by atoms with Crippen molar-refractivity contribution in [3.05, 3.63) is 524 Å². The Hall–Kier alpha value is -20.0. The van der Waals surface area contributed by atoms with E-state index in [4.69, 9.17) is 0 Å². The molecule has 0 aliphatic heterocycles. The fourth-order valence-corrected chi connectivity index (χ4v) is 23.9. The highest BCUT2D eigenvalue weighted by Gasteiger charge is 2.36. The molecule has 31 rings (SSSR count). The molecule has 0 saturated heterocycles. The van der Waals surface area contributed by atoms with Gasteiger partial charge in [0.25, 0.3) is 0 Å². The highest BCUT2D eigenvalue weighted by Crippen LogP contribution is 2.47. The van der Waals surface area contributed by atoms with Crippen molar-refractivity contribution in [3.63, 3.8) is 0 Å². The fourth-order valence-electron chi connectivity index (χ4n) is 23.9. The highest BCUT2D eigenvalue weighted by molar-refractivity contribution is 6.31. The van der Waals surface area contributed by atoms with Crippen molar-refractivity contribution in [1.29, 1.82) is 0 Å². The lowest BCUT2D eigenvalue weighted by atomic mass is 9.92. The number of hydrogen-bond donors (Lipinski definition) is 0. The third-order valence-electron chi connectivity index (χ3n) is 30.0. The molecule has 0 atom stereocenters. The lowest BCUT2D eigenvalue weighted by Gasteiger charge is -2.19. The van der Waals surface area contributed by atoms with E-state index >= 15 is 0 Å². The van der Waals surface area contributed by atoms with Gasteiger partial charge in [-0.2, -0.15) is 0 Å². The molecule has 0 saturated carbocycles. The van der Waals surface area contributed by atoms with E-state index in [-0.39, 0.29) is 71.2 Å². The number of fused-ring (bicyclic) bond motifs is 30. The summed E-state index contributed by atoms with van der Waals surface area (Å²) in [7, 11) is 0. The lowest BCUT2D eigenvalue weighted by molar-refractivity contribution is 0.103. The van der Waals surface area contributed by atoms with Gasteiger partial charge in [0.1, 0.15) is 0 Å². The monoisotopic (exact) mass is 1880 g/mol. The van der Waals surface area contributed by atoms with Gasteiger partial charge in [-0.25, -0.2) is 0 Å². The zero-order chi connectivity index (χ0) is 98.5. The third-order valence-corrected chi connectivity index (χ3v) is 30.0. The van der Waals surface area contributed by atoms with Crippen LogP contribution < -0.4 is 54.3 Å². The number of ketones is 2. The van der Waals surface area contributed by atoms with Crippen LogP contribution in [-0.4, -0.2) is 38.3 Å². The number of rotatable bonds is 3. The maximum absolute atomic E-state index is 15.0. The molecule has 684 valence electrons. The molecule has 10 aromatic heterocycles. The highest BCUT2D eigenvalue weighted by atomic mass is 16.2. The molecule has 0 spiro atoms.